The molecular formula is C19H20N4O3. The second-order valence-corrected chi connectivity index (χ2v) is 5.92. The molecule has 1 heterocycles. The van der Waals surface area contributed by atoms with E-state index in [0.717, 1.165) is 18.5 Å². The Bertz CT molecular complexity index is 949. The maximum absolute atomic E-state index is 12.2. The van der Waals surface area contributed by atoms with Crippen LogP contribution in [0.5, 0.6) is 0 Å². The molecule has 0 aliphatic rings. The summed E-state index contributed by atoms with van der Waals surface area (Å²) in [6.45, 7) is 1.28. The Morgan fingerprint density at radius 1 is 1.19 bits per heavy atom. The minimum atomic E-state index is -0.500. The average molecular weight is 352 g/mol. The molecular weight excluding hydrogens is 332 g/mol. The monoisotopic (exact) mass is 352 g/mol. The molecule has 0 saturated carbocycles. The predicted molar refractivity (Wildman–Crippen MR) is 102 cm³/mol. The molecule has 0 aliphatic carbocycles. The maximum atomic E-state index is 12.2. The van der Waals surface area contributed by atoms with E-state index in [-0.39, 0.29) is 17.2 Å². The van der Waals surface area contributed by atoms with E-state index < -0.39 is 4.92 Å². The van der Waals surface area contributed by atoms with Crippen LogP contribution in [0.4, 0.5) is 11.4 Å². The van der Waals surface area contributed by atoms with Gasteiger partial charge in [-0.15, -0.1) is 0 Å². The second-order valence-electron chi connectivity index (χ2n) is 5.92. The first-order valence-electron chi connectivity index (χ1n) is 8.38. The molecule has 0 bridgehead atoms. The minimum absolute atomic E-state index is 0.112. The number of aromatic nitrogens is 1. The molecule has 7 heteroatoms. The van der Waals surface area contributed by atoms with Crippen LogP contribution >= 0.6 is 0 Å². The molecule has 3 rings (SSSR count). The summed E-state index contributed by atoms with van der Waals surface area (Å²) in [7, 11) is 1.60. The summed E-state index contributed by atoms with van der Waals surface area (Å²) in [5.41, 5.74) is 1.71. The molecule has 0 spiro atoms. The number of anilines is 1. The lowest BCUT2D eigenvalue weighted by Gasteiger charge is -2.08. The van der Waals surface area contributed by atoms with Crippen molar-refractivity contribution >= 4 is 28.2 Å². The van der Waals surface area contributed by atoms with E-state index in [1.54, 1.807) is 19.2 Å². The van der Waals surface area contributed by atoms with Crippen LogP contribution in [0.3, 0.4) is 0 Å². The van der Waals surface area contributed by atoms with Gasteiger partial charge in [-0.25, -0.2) is 0 Å². The van der Waals surface area contributed by atoms with Crippen LogP contribution in [0, 0.1) is 10.1 Å². The molecule has 3 aromatic rings. The topological polar surface area (TPSA) is 89.2 Å². The number of rotatable bonds is 7. The average Bonchev–Trinajstić information content (AvgIpc) is 3.07. The van der Waals surface area contributed by atoms with E-state index in [1.165, 1.54) is 11.5 Å². The quantitative estimate of drug-likeness (QED) is 0.387. The molecule has 2 aromatic carbocycles. The maximum Gasteiger partial charge on any atom is 0.293 e. The molecule has 0 atom stereocenters. The van der Waals surface area contributed by atoms with Crippen LogP contribution in [-0.2, 0) is 6.54 Å². The van der Waals surface area contributed by atoms with Crippen LogP contribution in [0.25, 0.3) is 10.9 Å². The number of benzene rings is 2. The number of fused-ring (bicyclic) bond motifs is 1. The SMILES string of the molecule is CNc1ccc(C(=O)NCCCn2ccc3ccccc32)cc1[N+](=O)[O-]. The number of hydrogen-bond acceptors (Lipinski definition) is 4. The van der Waals surface area contributed by atoms with Crippen LogP contribution < -0.4 is 10.6 Å². The van der Waals surface area contributed by atoms with Gasteiger partial charge < -0.3 is 15.2 Å². The number of hydrogen-bond donors (Lipinski definition) is 2. The van der Waals surface area contributed by atoms with Gasteiger partial charge in [-0.3, -0.25) is 14.9 Å². The van der Waals surface area contributed by atoms with Crippen molar-refractivity contribution in [1.29, 1.82) is 0 Å². The number of aryl methyl sites for hydroxylation is 1. The van der Waals surface area contributed by atoms with Gasteiger partial charge in [0, 0.05) is 43.5 Å². The highest BCUT2D eigenvalue weighted by Gasteiger charge is 2.16. The van der Waals surface area contributed by atoms with E-state index in [9.17, 15) is 14.9 Å². The van der Waals surface area contributed by atoms with Gasteiger partial charge >= 0.3 is 0 Å². The van der Waals surface area contributed by atoms with Crippen molar-refractivity contribution in [3.8, 4) is 0 Å². The number of nitrogens with one attached hydrogen (secondary N) is 2. The van der Waals surface area contributed by atoms with Gasteiger partial charge in [-0.1, -0.05) is 18.2 Å². The number of nitrogens with zero attached hydrogens (tertiary/aromatic N) is 2. The number of para-hydroxylation sites is 1. The molecule has 26 heavy (non-hydrogen) atoms. The van der Waals surface area contributed by atoms with E-state index in [4.69, 9.17) is 0 Å². The highest BCUT2D eigenvalue weighted by atomic mass is 16.6. The summed E-state index contributed by atoms with van der Waals surface area (Å²) in [6.07, 6.45) is 2.80. The van der Waals surface area contributed by atoms with Crippen molar-refractivity contribution < 1.29 is 9.72 Å². The molecule has 1 aromatic heterocycles. The summed E-state index contributed by atoms with van der Waals surface area (Å²) in [5, 5.41) is 17.8. The molecule has 0 fully saturated rings. The van der Waals surface area contributed by atoms with Crippen molar-refractivity contribution in [2.75, 3.05) is 18.9 Å². The zero-order valence-corrected chi connectivity index (χ0v) is 14.4. The third-order valence-corrected chi connectivity index (χ3v) is 4.27. The van der Waals surface area contributed by atoms with Gasteiger partial charge in [0.1, 0.15) is 5.69 Å². The molecule has 0 unspecified atom stereocenters. The van der Waals surface area contributed by atoms with Crippen molar-refractivity contribution in [2.24, 2.45) is 0 Å². The van der Waals surface area contributed by atoms with Crippen molar-refractivity contribution in [3.63, 3.8) is 0 Å². The summed E-state index contributed by atoms with van der Waals surface area (Å²) >= 11 is 0. The minimum Gasteiger partial charge on any atom is -0.383 e. The van der Waals surface area contributed by atoms with Gasteiger partial charge in [0.05, 0.1) is 4.92 Å². The van der Waals surface area contributed by atoms with E-state index in [2.05, 4.69) is 33.4 Å². The van der Waals surface area contributed by atoms with Crippen LogP contribution in [-0.4, -0.2) is 29.0 Å². The van der Waals surface area contributed by atoms with Gasteiger partial charge in [-0.2, -0.15) is 0 Å². The van der Waals surface area contributed by atoms with Gasteiger partial charge in [0.2, 0.25) is 0 Å². The Morgan fingerprint density at radius 2 is 2.00 bits per heavy atom. The summed E-state index contributed by atoms with van der Waals surface area (Å²) in [6, 6.07) is 14.6. The Balaban J connectivity index is 1.57. The zero-order chi connectivity index (χ0) is 18.5. The Morgan fingerprint density at radius 3 is 2.77 bits per heavy atom. The number of nitro groups is 1. The first-order valence-corrected chi connectivity index (χ1v) is 8.38. The number of nitro benzene ring substituents is 1. The Kier molecular flexibility index (Phi) is 5.17. The van der Waals surface area contributed by atoms with Gasteiger partial charge in [-0.05, 0) is 36.1 Å². The lowest BCUT2D eigenvalue weighted by atomic mass is 10.1. The van der Waals surface area contributed by atoms with Gasteiger partial charge in [0.15, 0.2) is 0 Å². The van der Waals surface area contributed by atoms with Crippen molar-refractivity contribution in [2.45, 2.75) is 13.0 Å². The second kappa shape index (κ2) is 7.69. The van der Waals surface area contributed by atoms with Crippen LogP contribution in [0.2, 0.25) is 0 Å². The van der Waals surface area contributed by atoms with Crippen molar-refractivity contribution in [1.82, 2.24) is 9.88 Å². The first kappa shape index (κ1) is 17.5. The lowest BCUT2D eigenvalue weighted by Crippen LogP contribution is -2.25. The number of amides is 1. The zero-order valence-electron chi connectivity index (χ0n) is 14.4. The molecule has 0 radical (unpaired) electrons. The fourth-order valence-corrected chi connectivity index (χ4v) is 2.92. The Labute approximate surface area is 150 Å². The molecule has 134 valence electrons. The van der Waals surface area contributed by atoms with Gasteiger partial charge in [0.25, 0.3) is 11.6 Å². The highest BCUT2D eigenvalue weighted by molar-refractivity contribution is 5.95. The fraction of sp³-hybridized carbons (Fsp3) is 0.211. The Hall–Kier alpha value is -3.35. The molecule has 7 nitrogen and oxygen atoms in total. The molecule has 0 saturated heterocycles. The molecule has 2 N–H and O–H groups in total. The normalized spacial score (nSPS) is 10.7. The van der Waals surface area contributed by atoms with E-state index in [1.807, 2.05) is 18.3 Å². The predicted octanol–water partition coefficient (Wildman–Crippen LogP) is 3.41. The van der Waals surface area contributed by atoms with Crippen molar-refractivity contribution in [3.05, 3.63) is 70.4 Å². The largest absolute Gasteiger partial charge is 0.383 e. The van der Waals surface area contributed by atoms with Crippen LogP contribution in [0.15, 0.2) is 54.7 Å². The summed E-state index contributed by atoms with van der Waals surface area (Å²) in [5.74, 6) is -0.312. The standard InChI is InChI=1S/C19H20N4O3/c1-20-16-8-7-15(13-18(16)23(25)26)19(24)21-10-4-11-22-12-9-14-5-2-3-6-17(14)22/h2-3,5-9,12-13,20H,4,10-11H2,1H3,(H,21,24). The van der Waals surface area contributed by atoms with E-state index in [0.29, 0.717) is 12.2 Å². The molecule has 0 aliphatic heterocycles. The third-order valence-electron chi connectivity index (χ3n) is 4.27. The summed E-state index contributed by atoms with van der Waals surface area (Å²) in [4.78, 5) is 22.8. The number of carbonyl (C=O) groups is 1. The highest BCUT2D eigenvalue weighted by Crippen LogP contribution is 2.25. The summed E-state index contributed by atoms with van der Waals surface area (Å²) < 4.78 is 2.15. The third kappa shape index (κ3) is 3.66. The van der Waals surface area contributed by atoms with Crippen LogP contribution in [0.1, 0.15) is 16.8 Å². The smallest absolute Gasteiger partial charge is 0.293 e. The fourth-order valence-electron chi connectivity index (χ4n) is 2.92. The van der Waals surface area contributed by atoms with E-state index >= 15 is 0 Å². The number of carbonyl (C=O) groups excluding carboxylic acids is 1. The lowest BCUT2D eigenvalue weighted by molar-refractivity contribution is -0.384. The molecule has 1 amide bonds. The first-order chi connectivity index (χ1) is 12.6.